The second kappa shape index (κ2) is 5.24. The molecule has 1 heterocycles. The van der Waals surface area contributed by atoms with E-state index in [9.17, 15) is 4.79 Å². The van der Waals surface area contributed by atoms with Crippen LogP contribution in [0, 0.1) is 0 Å². The summed E-state index contributed by atoms with van der Waals surface area (Å²) in [5.41, 5.74) is 2.30. The molecule has 1 saturated carbocycles. The quantitative estimate of drug-likeness (QED) is 0.884. The number of carbonyl (C=O) groups excluding carboxylic acids is 1. The van der Waals surface area contributed by atoms with Crippen LogP contribution in [0.15, 0.2) is 24.3 Å². The summed E-state index contributed by atoms with van der Waals surface area (Å²) in [4.78, 5) is 14.8. The van der Waals surface area contributed by atoms with Crippen molar-refractivity contribution in [2.75, 3.05) is 18.9 Å². The van der Waals surface area contributed by atoms with Gasteiger partial charge >= 0.3 is 0 Å². The Kier molecular flexibility index (Phi) is 3.45. The molecule has 1 aromatic rings. The smallest absolute Gasteiger partial charge is 0.230 e. The molecule has 0 saturated heterocycles. The number of nitrogens with zero attached hydrogens (tertiary/aromatic N) is 1. The van der Waals surface area contributed by atoms with E-state index in [1.807, 2.05) is 24.1 Å². The van der Waals surface area contributed by atoms with Crippen molar-refractivity contribution in [3.8, 4) is 0 Å². The van der Waals surface area contributed by atoms with Crippen LogP contribution in [0.5, 0.6) is 0 Å². The SMILES string of the molecule is CN(C(=O)C1CCNc2ccccc21)C1CCCC1. The van der Waals surface area contributed by atoms with Crippen molar-refractivity contribution in [2.45, 2.75) is 44.1 Å². The summed E-state index contributed by atoms with van der Waals surface area (Å²) >= 11 is 0. The van der Waals surface area contributed by atoms with E-state index in [-0.39, 0.29) is 5.92 Å². The van der Waals surface area contributed by atoms with Crippen molar-refractivity contribution < 1.29 is 4.79 Å². The number of rotatable bonds is 2. The predicted molar refractivity (Wildman–Crippen MR) is 77.3 cm³/mol. The van der Waals surface area contributed by atoms with Crippen molar-refractivity contribution >= 4 is 11.6 Å². The lowest BCUT2D eigenvalue weighted by atomic mass is 9.89. The molecule has 0 aromatic heterocycles. The zero-order valence-corrected chi connectivity index (χ0v) is 11.6. The average Bonchev–Trinajstić information content (AvgIpc) is 2.99. The van der Waals surface area contributed by atoms with E-state index in [1.165, 1.54) is 31.2 Å². The van der Waals surface area contributed by atoms with Gasteiger partial charge in [-0.1, -0.05) is 31.0 Å². The molecular weight excluding hydrogens is 236 g/mol. The van der Waals surface area contributed by atoms with Crippen LogP contribution >= 0.6 is 0 Å². The molecule has 1 N–H and O–H groups in total. The number of fused-ring (bicyclic) bond motifs is 1. The van der Waals surface area contributed by atoms with Gasteiger partial charge in [-0.05, 0) is 30.9 Å². The fourth-order valence-electron chi connectivity index (χ4n) is 3.44. The number of para-hydroxylation sites is 1. The maximum absolute atomic E-state index is 12.7. The molecule has 0 bridgehead atoms. The highest BCUT2D eigenvalue weighted by molar-refractivity contribution is 5.86. The zero-order chi connectivity index (χ0) is 13.2. The minimum absolute atomic E-state index is 0.0445. The van der Waals surface area contributed by atoms with E-state index < -0.39 is 0 Å². The normalized spacial score (nSPS) is 22.7. The molecule has 3 heteroatoms. The van der Waals surface area contributed by atoms with Crippen molar-refractivity contribution in [3.63, 3.8) is 0 Å². The second-order valence-corrected chi connectivity index (χ2v) is 5.74. The third-order valence-electron chi connectivity index (χ3n) is 4.60. The van der Waals surface area contributed by atoms with Gasteiger partial charge in [0.05, 0.1) is 5.92 Å². The van der Waals surface area contributed by atoms with E-state index in [4.69, 9.17) is 0 Å². The largest absolute Gasteiger partial charge is 0.385 e. The van der Waals surface area contributed by atoms with Crippen LogP contribution in [0.4, 0.5) is 5.69 Å². The van der Waals surface area contributed by atoms with Gasteiger partial charge in [-0.15, -0.1) is 0 Å². The van der Waals surface area contributed by atoms with Crippen LogP contribution < -0.4 is 5.32 Å². The zero-order valence-electron chi connectivity index (χ0n) is 11.6. The number of amides is 1. The topological polar surface area (TPSA) is 32.3 Å². The van der Waals surface area contributed by atoms with E-state index in [0.29, 0.717) is 11.9 Å². The Balaban J connectivity index is 1.80. The van der Waals surface area contributed by atoms with Crippen LogP contribution in [0.3, 0.4) is 0 Å². The third-order valence-corrected chi connectivity index (χ3v) is 4.60. The van der Waals surface area contributed by atoms with Crippen molar-refractivity contribution in [3.05, 3.63) is 29.8 Å². The Morgan fingerprint density at radius 1 is 1.21 bits per heavy atom. The molecule has 102 valence electrons. The molecular formula is C16H22N2O. The van der Waals surface area contributed by atoms with Gasteiger partial charge in [0.2, 0.25) is 5.91 Å². The third kappa shape index (κ3) is 2.34. The lowest BCUT2D eigenvalue weighted by molar-refractivity contribution is -0.133. The summed E-state index contributed by atoms with van der Waals surface area (Å²) in [7, 11) is 1.99. The fourth-order valence-corrected chi connectivity index (χ4v) is 3.44. The van der Waals surface area contributed by atoms with Gasteiger partial charge in [-0.25, -0.2) is 0 Å². The lowest BCUT2D eigenvalue weighted by Gasteiger charge is -2.32. The van der Waals surface area contributed by atoms with Crippen molar-refractivity contribution in [1.82, 2.24) is 4.90 Å². The molecule has 3 rings (SSSR count). The Labute approximate surface area is 115 Å². The van der Waals surface area contributed by atoms with Crippen LogP contribution in [0.25, 0.3) is 0 Å². The van der Waals surface area contributed by atoms with Gasteiger partial charge < -0.3 is 10.2 Å². The van der Waals surface area contributed by atoms with Crippen LogP contribution in [-0.2, 0) is 4.79 Å². The van der Waals surface area contributed by atoms with Crippen LogP contribution in [0.2, 0.25) is 0 Å². The first-order chi connectivity index (χ1) is 9.27. The van der Waals surface area contributed by atoms with Crippen LogP contribution in [0.1, 0.15) is 43.6 Å². The van der Waals surface area contributed by atoms with E-state index in [2.05, 4.69) is 17.4 Å². The maximum Gasteiger partial charge on any atom is 0.230 e. The lowest BCUT2D eigenvalue weighted by Crippen LogP contribution is -2.40. The number of anilines is 1. The molecule has 1 fully saturated rings. The Bertz CT molecular complexity index is 466. The van der Waals surface area contributed by atoms with E-state index in [0.717, 1.165) is 18.7 Å². The van der Waals surface area contributed by atoms with Gasteiger partial charge in [0, 0.05) is 25.3 Å². The van der Waals surface area contributed by atoms with E-state index >= 15 is 0 Å². The highest BCUT2D eigenvalue weighted by atomic mass is 16.2. The number of hydrogen-bond donors (Lipinski definition) is 1. The second-order valence-electron chi connectivity index (χ2n) is 5.74. The first-order valence-corrected chi connectivity index (χ1v) is 7.37. The molecule has 2 aliphatic rings. The first-order valence-electron chi connectivity index (χ1n) is 7.37. The average molecular weight is 258 g/mol. The molecule has 3 nitrogen and oxygen atoms in total. The number of benzene rings is 1. The Hall–Kier alpha value is -1.51. The molecule has 1 atom stereocenters. The van der Waals surface area contributed by atoms with Gasteiger partial charge in [-0.2, -0.15) is 0 Å². The minimum atomic E-state index is 0.0445. The Morgan fingerprint density at radius 2 is 1.95 bits per heavy atom. The predicted octanol–water partition coefficient (Wildman–Crippen LogP) is 2.99. The molecule has 1 aliphatic heterocycles. The molecule has 1 aromatic carbocycles. The van der Waals surface area contributed by atoms with E-state index in [1.54, 1.807) is 0 Å². The number of likely N-dealkylation sites (N-methyl/N-ethyl adjacent to an activating group) is 1. The number of hydrogen-bond acceptors (Lipinski definition) is 2. The number of carbonyl (C=O) groups is 1. The highest BCUT2D eigenvalue weighted by Gasteiger charge is 2.32. The maximum atomic E-state index is 12.7. The summed E-state index contributed by atoms with van der Waals surface area (Å²) < 4.78 is 0. The minimum Gasteiger partial charge on any atom is -0.385 e. The first kappa shape index (κ1) is 12.5. The summed E-state index contributed by atoms with van der Waals surface area (Å²) in [5, 5.41) is 3.39. The molecule has 19 heavy (non-hydrogen) atoms. The molecule has 1 amide bonds. The fraction of sp³-hybridized carbons (Fsp3) is 0.562. The standard InChI is InChI=1S/C16H22N2O/c1-18(12-6-2-3-7-12)16(19)14-10-11-17-15-9-5-4-8-13(14)15/h4-5,8-9,12,14,17H,2-3,6-7,10-11H2,1H3. The van der Waals surface area contributed by atoms with Crippen LogP contribution in [-0.4, -0.2) is 30.4 Å². The Morgan fingerprint density at radius 3 is 2.74 bits per heavy atom. The van der Waals surface area contributed by atoms with Crippen molar-refractivity contribution in [2.24, 2.45) is 0 Å². The van der Waals surface area contributed by atoms with Gasteiger partial charge in [-0.3, -0.25) is 4.79 Å². The molecule has 1 unspecified atom stereocenters. The van der Waals surface area contributed by atoms with Gasteiger partial charge in [0.15, 0.2) is 0 Å². The molecule has 1 aliphatic carbocycles. The molecule has 0 spiro atoms. The summed E-state index contributed by atoms with van der Waals surface area (Å²) in [6.45, 7) is 0.895. The number of nitrogens with one attached hydrogen (secondary N) is 1. The van der Waals surface area contributed by atoms with Gasteiger partial charge in [0.1, 0.15) is 0 Å². The summed E-state index contributed by atoms with van der Waals surface area (Å²) in [6, 6.07) is 8.69. The van der Waals surface area contributed by atoms with Crippen molar-refractivity contribution in [1.29, 1.82) is 0 Å². The summed E-state index contributed by atoms with van der Waals surface area (Å²) in [5.74, 6) is 0.351. The summed E-state index contributed by atoms with van der Waals surface area (Å²) in [6.07, 6.45) is 5.80. The highest BCUT2D eigenvalue weighted by Crippen LogP contribution is 2.34. The van der Waals surface area contributed by atoms with Gasteiger partial charge in [0.25, 0.3) is 0 Å². The monoisotopic (exact) mass is 258 g/mol. The molecule has 0 radical (unpaired) electrons.